The molecule has 0 saturated carbocycles. The van der Waals surface area contributed by atoms with Crippen LogP contribution >= 0.6 is 11.6 Å². The first-order valence-electron chi connectivity index (χ1n) is 13.1. The van der Waals surface area contributed by atoms with Gasteiger partial charge in [-0.2, -0.15) is 5.26 Å². The van der Waals surface area contributed by atoms with Crippen LogP contribution < -0.4 is 25.0 Å². The monoisotopic (exact) mass is 593 g/mol. The van der Waals surface area contributed by atoms with Crippen molar-refractivity contribution in [1.29, 1.82) is 5.26 Å². The van der Waals surface area contributed by atoms with Crippen LogP contribution in [0.5, 0.6) is 11.5 Å². The van der Waals surface area contributed by atoms with Gasteiger partial charge in [0.2, 0.25) is 0 Å². The molecule has 0 bridgehead atoms. The molecule has 2 heterocycles. The molecule has 1 aliphatic rings. The number of ether oxygens (including phenoxy) is 2. The number of anilines is 3. The number of nitrogens with zero attached hydrogens (tertiary/aromatic N) is 3. The number of fused-ring (bicyclic) bond motifs is 1. The molecule has 3 amide bonds. The average Bonchev–Trinajstić information content (AvgIpc) is 3.27. The van der Waals surface area contributed by atoms with E-state index < -0.39 is 17.7 Å². The number of amides is 3. The minimum Gasteiger partial charge on any atom is -0.492 e. The highest BCUT2D eigenvalue weighted by Crippen LogP contribution is 2.37. The first-order chi connectivity index (χ1) is 20.9. The Bertz CT molecular complexity index is 1750. The lowest BCUT2D eigenvalue weighted by atomic mass is 10.1. The normalized spacial score (nSPS) is 12.4. The minimum atomic E-state index is -0.666. The second-order valence-electron chi connectivity index (χ2n) is 9.13. The SMILES string of the molecule is CCOc1cc(NC=C(C#N)C(=O)Nc2ccc(OCc3ccccn3)c(Cl)c2)ccc1N1C(=O)c2ccccc2C1=O. The number of carbonyl (C=O) groups excluding carboxylic acids is 3. The van der Waals surface area contributed by atoms with E-state index >= 15 is 0 Å². The topological polar surface area (TPSA) is 134 Å². The number of halogens is 1. The van der Waals surface area contributed by atoms with Gasteiger partial charge in [0.25, 0.3) is 17.7 Å². The van der Waals surface area contributed by atoms with E-state index in [2.05, 4.69) is 15.6 Å². The molecule has 2 N–H and O–H groups in total. The van der Waals surface area contributed by atoms with Crippen molar-refractivity contribution >= 4 is 46.4 Å². The summed E-state index contributed by atoms with van der Waals surface area (Å²) in [6, 6.07) is 23.4. The Morgan fingerprint density at radius 2 is 1.67 bits per heavy atom. The van der Waals surface area contributed by atoms with Gasteiger partial charge in [-0.15, -0.1) is 0 Å². The van der Waals surface area contributed by atoms with Crippen LogP contribution in [-0.2, 0) is 11.4 Å². The lowest BCUT2D eigenvalue weighted by Gasteiger charge is -2.19. The number of hydrogen-bond acceptors (Lipinski definition) is 8. The number of rotatable bonds is 10. The zero-order valence-corrected chi connectivity index (χ0v) is 23.6. The summed E-state index contributed by atoms with van der Waals surface area (Å²) in [7, 11) is 0. The van der Waals surface area contributed by atoms with Gasteiger partial charge in [-0.1, -0.05) is 29.8 Å². The Hall–Kier alpha value is -5.66. The first-order valence-corrected chi connectivity index (χ1v) is 13.5. The summed E-state index contributed by atoms with van der Waals surface area (Å²) in [5.74, 6) is -0.867. The summed E-state index contributed by atoms with van der Waals surface area (Å²) in [4.78, 5) is 44.1. The standard InChI is InChI=1S/C32H24ClN5O5/c1-2-42-29-16-21(10-12-27(29)38-31(40)24-8-3-4-9-25(24)32(38)41)36-18-20(17-34)30(39)37-22-11-13-28(26(33)15-22)43-19-23-7-5-6-14-35-23/h3-16,18,36H,2,19H2,1H3,(H,37,39). The number of aromatic nitrogens is 1. The van der Waals surface area contributed by atoms with Crippen molar-refractivity contribution in [2.45, 2.75) is 13.5 Å². The molecule has 0 fully saturated rings. The Labute approximate surface area is 252 Å². The molecule has 0 saturated heterocycles. The highest BCUT2D eigenvalue weighted by Gasteiger charge is 2.37. The van der Waals surface area contributed by atoms with Gasteiger partial charge in [0.15, 0.2) is 0 Å². The van der Waals surface area contributed by atoms with Crippen molar-refractivity contribution in [3.05, 3.63) is 119 Å². The maximum atomic E-state index is 13.0. The van der Waals surface area contributed by atoms with Gasteiger partial charge in [-0.05, 0) is 61.5 Å². The largest absolute Gasteiger partial charge is 0.492 e. The molecule has 0 atom stereocenters. The summed E-state index contributed by atoms with van der Waals surface area (Å²) in [5, 5.41) is 15.4. The molecule has 10 nitrogen and oxygen atoms in total. The van der Waals surface area contributed by atoms with Crippen molar-refractivity contribution in [2.75, 3.05) is 22.1 Å². The maximum absolute atomic E-state index is 13.0. The molecule has 3 aromatic carbocycles. The van der Waals surface area contributed by atoms with Crippen molar-refractivity contribution in [2.24, 2.45) is 0 Å². The fourth-order valence-electron chi connectivity index (χ4n) is 4.30. The van der Waals surface area contributed by atoms with Gasteiger partial charge in [0.05, 0.1) is 34.1 Å². The number of pyridine rings is 1. The summed E-state index contributed by atoms with van der Waals surface area (Å²) >= 11 is 6.33. The zero-order chi connectivity index (χ0) is 30.3. The third-order valence-corrected chi connectivity index (χ3v) is 6.63. The van der Waals surface area contributed by atoms with E-state index in [0.29, 0.717) is 28.3 Å². The van der Waals surface area contributed by atoms with Crippen LogP contribution in [0.3, 0.4) is 0 Å². The van der Waals surface area contributed by atoms with Crippen LogP contribution in [-0.4, -0.2) is 29.3 Å². The van der Waals surface area contributed by atoms with Gasteiger partial charge in [-0.25, -0.2) is 4.90 Å². The summed E-state index contributed by atoms with van der Waals surface area (Å²) in [5.41, 5.74) is 2.26. The highest BCUT2D eigenvalue weighted by atomic mass is 35.5. The number of hydrogen-bond donors (Lipinski definition) is 2. The van der Waals surface area contributed by atoms with Crippen molar-refractivity contribution in [3.63, 3.8) is 0 Å². The summed E-state index contributed by atoms with van der Waals surface area (Å²) < 4.78 is 11.4. The van der Waals surface area contributed by atoms with Gasteiger partial charge in [0, 0.05) is 29.8 Å². The summed E-state index contributed by atoms with van der Waals surface area (Å²) in [6.07, 6.45) is 2.91. The van der Waals surface area contributed by atoms with E-state index in [1.807, 2.05) is 24.3 Å². The third kappa shape index (κ3) is 6.32. The molecule has 0 spiro atoms. The van der Waals surface area contributed by atoms with E-state index in [0.717, 1.165) is 10.6 Å². The Morgan fingerprint density at radius 1 is 0.953 bits per heavy atom. The predicted molar refractivity (Wildman–Crippen MR) is 161 cm³/mol. The smallest absolute Gasteiger partial charge is 0.267 e. The molecule has 0 aliphatic carbocycles. The van der Waals surface area contributed by atoms with Crippen molar-refractivity contribution in [1.82, 2.24) is 4.98 Å². The molecule has 214 valence electrons. The molecule has 1 aromatic heterocycles. The molecule has 5 rings (SSSR count). The number of nitriles is 1. The van der Waals surface area contributed by atoms with E-state index in [1.165, 1.54) is 12.3 Å². The Balaban J connectivity index is 1.27. The van der Waals surface area contributed by atoms with Gasteiger partial charge in [-0.3, -0.25) is 19.4 Å². The van der Waals surface area contributed by atoms with Gasteiger partial charge in [0.1, 0.15) is 29.7 Å². The van der Waals surface area contributed by atoms with Gasteiger partial charge >= 0.3 is 0 Å². The average molecular weight is 594 g/mol. The van der Waals surface area contributed by atoms with E-state index in [9.17, 15) is 19.6 Å². The fourth-order valence-corrected chi connectivity index (χ4v) is 4.54. The molecule has 1 aliphatic heterocycles. The van der Waals surface area contributed by atoms with Crippen molar-refractivity contribution in [3.8, 4) is 17.6 Å². The Morgan fingerprint density at radius 3 is 2.33 bits per heavy atom. The molecule has 0 radical (unpaired) electrons. The number of nitrogens with one attached hydrogen (secondary N) is 2. The minimum absolute atomic E-state index is 0.214. The Kier molecular flexibility index (Phi) is 8.65. The molecule has 4 aromatic rings. The van der Waals surface area contributed by atoms with Crippen molar-refractivity contribution < 1.29 is 23.9 Å². The maximum Gasteiger partial charge on any atom is 0.267 e. The van der Waals surface area contributed by atoms with Crippen LogP contribution in [0.25, 0.3) is 0 Å². The fraction of sp³-hybridized carbons (Fsp3) is 0.0938. The van der Waals surface area contributed by atoms with Crippen LogP contribution in [0.1, 0.15) is 33.3 Å². The number of imide groups is 1. The highest BCUT2D eigenvalue weighted by molar-refractivity contribution is 6.35. The predicted octanol–water partition coefficient (Wildman–Crippen LogP) is 5.97. The second-order valence-corrected chi connectivity index (χ2v) is 9.54. The zero-order valence-electron chi connectivity index (χ0n) is 22.8. The van der Waals surface area contributed by atoms with E-state index in [4.69, 9.17) is 21.1 Å². The van der Waals surface area contributed by atoms with Crippen LogP contribution in [0, 0.1) is 11.3 Å². The molecular formula is C32H24ClN5O5. The van der Waals surface area contributed by atoms with Crippen LogP contribution in [0.15, 0.2) is 96.8 Å². The number of benzene rings is 3. The van der Waals surface area contributed by atoms with Crippen LogP contribution in [0.2, 0.25) is 5.02 Å². The lowest BCUT2D eigenvalue weighted by Crippen LogP contribution is -2.29. The quantitative estimate of drug-likeness (QED) is 0.130. The summed E-state index contributed by atoms with van der Waals surface area (Å²) in [6.45, 7) is 2.27. The van der Waals surface area contributed by atoms with Crippen LogP contribution in [0.4, 0.5) is 17.1 Å². The van der Waals surface area contributed by atoms with E-state index in [-0.39, 0.29) is 35.2 Å². The van der Waals surface area contributed by atoms with E-state index in [1.54, 1.807) is 67.7 Å². The molecule has 11 heteroatoms. The first kappa shape index (κ1) is 28.9. The third-order valence-electron chi connectivity index (χ3n) is 6.33. The molecular weight excluding hydrogens is 570 g/mol. The lowest BCUT2D eigenvalue weighted by molar-refractivity contribution is -0.112. The number of carbonyl (C=O) groups is 3. The van der Waals surface area contributed by atoms with Gasteiger partial charge < -0.3 is 20.1 Å². The second kappa shape index (κ2) is 12.9. The molecule has 0 unspecified atom stereocenters. The molecule has 43 heavy (non-hydrogen) atoms.